The van der Waals surface area contributed by atoms with E-state index in [1.165, 1.54) is 23.8 Å². The van der Waals surface area contributed by atoms with Crippen LogP contribution in [0.3, 0.4) is 0 Å². The summed E-state index contributed by atoms with van der Waals surface area (Å²) in [6.07, 6.45) is 1.75. The normalized spacial score (nSPS) is 10.4. The number of allylic oxidation sites excluding steroid dienone is 1. The third-order valence-electron chi connectivity index (χ3n) is 3.58. The van der Waals surface area contributed by atoms with E-state index in [0.29, 0.717) is 23.0 Å². The van der Waals surface area contributed by atoms with Crippen molar-refractivity contribution in [3.63, 3.8) is 0 Å². The lowest BCUT2D eigenvalue weighted by Crippen LogP contribution is -2.29. The second-order valence-corrected chi connectivity index (χ2v) is 6.12. The van der Waals surface area contributed by atoms with Crippen LogP contribution < -0.4 is 4.90 Å². The molecule has 1 aromatic carbocycles. The summed E-state index contributed by atoms with van der Waals surface area (Å²) in [5, 5.41) is 8.76. The average Bonchev–Trinajstić information content (AvgIpc) is 2.98. The fourth-order valence-electron chi connectivity index (χ4n) is 2.21. The molecule has 1 heterocycles. The molecule has 1 amide bonds. The third kappa shape index (κ3) is 4.27. The van der Waals surface area contributed by atoms with Gasteiger partial charge in [-0.05, 0) is 19.1 Å². The third-order valence-corrected chi connectivity index (χ3v) is 4.53. The molecule has 25 heavy (non-hydrogen) atoms. The Kier molecular flexibility index (Phi) is 6.35. The van der Waals surface area contributed by atoms with E-state index < -0.39 is 5.97 Å². The first-order chi connectivity index (χ1) is 12.0. The molecule has 0 unspecified atom stereocenters. The molecule has 0 N–H and O–H groups in total. The van der Waals surface area contributed by atoms with Crippen LogP contribution >= 0.6 is 11.8 Å². The molecule has 0 spiro atoms. The summed E-state index contributed by atoms with van der Waals surface area (Å²) in [6.45, 7) is 6.14. The fraction of sp³-hybridized carbons (Fsp3) is 0.294. The van der Waals surface area contributed by atoms with Gasteiger partial charge in [0.05, 0.1) is 24.1 Å². The molecule has 0 aliphatic carbocycles. The highest BCUT2D eigenvalue weighted by Gasteiger charge is 2.20. The average molecular weight is 360 g/mol. The van der Waals surface area contributed by atoms with E-state index in [0.717, 1.165) is 5.82 Å². The van der Waals surface area contributed by atoms with Gasteiger partial charge in [0, 0.05) is 13.6 Å². The number of thioether (sulfide) groups is 1. The van der Waals surface area contributed by atoms with Gasteiger partial charge in [-0.25, -0.2) is 4.79 Å². The van der Waals surface area contributed by atoms with Crippen molar-refractivity contribution in [2.45, 2.75) is 18.6 Å². The van der Waals surface area contributed by atoms with E-state index in [4.69, 9.17) is 4.74 Å². The maximum Gasteiger partial charge on any atom is 0.339 e. The number of aromatic nitrogens is 3. The van der Waals surface area contributed by atoms with Crippen LogP contribution in [0, 0.1) is 6.92 Å². The van der Waals surface area contributed by atoms with Gasteiger partial charge in [0.25, 0.3) is 0 Å². The minimum absolute atomic E-state index is 0.160. The number of carbonyl (C=O) groups is 2. The molecule has 1 aromatic heterocycles. The van der Waals surface area contributed by atoms with Gasteiger partial charge in [0.15, 0.2) is 5.16 Å². The smallest absolute Gasteiger partial charge is 0.339 e. The van der Waals surface area contributed by atoms with Gasteiger partial charge in [0.1, 0.15) is 5.82 Å². The summed E-state index contributed by atoms with van der Waals surface area (Å²) >= 11 is 1.29. The lowest BCUT2D eigenvalue weighted by atomic mass is 10.1. The molecule has 0 atom stereocenters. The van der Waals surface area contributed by atoms with Crippen molar-refractivity contribution in [2.24, 2.45) is 0 Å². The fourth-order valence-corrected chi connectivity index (χ4v) is 3.12. The minimum atomic E-state index is -0.482. The Morgan fingerprint density at radius 1 is 1.36 bits per heavy atom. The number of esters is 1. The zero-order chi connectivity index (χ0) is 18.4. The van der Waals surface area contributed by atoms with Crippen LogP contribution in [0.4, 0.5) is 5.69 Å². The van der Waals surface area contributed by atoms with E-state index in [-0.39, 0.29) is 11.7 Å². The number of rotatable bonds is 7. The Morgan fingerprint density at radius 2 is 2.08 bits per heavy atom. The van der Waals surface area contributed by atoms with Crippen LogP contribution in [0.25, 0.3) is 0 Å². The predicted molar refractivity (Wildman–Crippen MR) is 96.9 cm³/mol. The van der Waals surface area contributed by atoms with E-state index in [2.05, 4.69) is 16.8 Å². The molecule has 132 valence electrons. The Morgan fingerprint density at radius 3 is 2.76 bits per heavy atom. The maximum absolute atomic E-state index is 12.5. The van der Waals surface area contributed by atoms with Crippen LogP contribution in [0.1, 0.15) is 16.2 Å². The topological polar surface area (TPSA) is 77.3 Å². The first-order valence-corrected chi connectivity index (χ1v) is 8.55. The molecule has 2 aromatic rings. The molecule has 0 aliphatic rings. The van der Waals surface area contributed by atoms with Crippen LogP contribution in [-0.4, -0.2) is 46.6 Å². The van der Waals surface area contributed by atoms with Crippen LogP contribution in [0.2, 0.25) is 0 Å². The highest BCUT2D eigenvalue weighted by atomic mass is 32.2. The largest absolute Gasteiger partial charge is 0.465 e. The molecular weight excluding hydrogens is 340 g/mol. The van der Waals surface area contributed by atoms with Crippen molar-refractivity contribution in [1.82, 2.24) is 14.8 Å². The molecule has 0 fully saturated rings. The summed E-state index contributed by atoms with van der Waals surface area (Å²) in [4.78, 5) is 25.8. The SMILES string of the molecule is C=CCn1c(C)nnc1SCC(=O)N(C)c1ccccc1C(=O)OC. The van der Waals surface area contributed by atoms with Crippen molar-refractivity contribution < 1.29 is 14.3 Å². The highest BCUT2D eigenvalue weighted by molar-refractivity contribution is 7.99. The van der Waals surface area contributed by atoms with Crippen molar-refractivity contribution in [2.75, 3.05) is 24.8 Å². The van der Waals surface area contributed by atoms with Gasteiger partial charge in [-0.3, -0.25) is 4.79 Å². The summed E-state index contributed by atoms with van der Waals surface area (Å²) in [7, 11) is 2.94. The lowest BCUT2D eigenvalue weighted by molar-refractivity contribution is -0.115. The van der Waals surface area contributed by atoms with Crippen LogP contribution in [0.5, 0.6) is 0 Å². The Balaban J connectivity index is 2.12. The molecule has 0 saturated carbocycles. The number of benzene rings is 1. The highest BCUT2D eigenvalue weighted by Crippen LogP contribution is 2.23. The Bertz CT molecular complexity index is 788. The van der Waals surface area contributed by atoms with Gasteiger partial charge in [-0.2, -0.15) is 0 Å². The van der Waals surface area contributed by atoms with Gasteiger partial charge in [-0.1, -0.05) is 30.0 Å². The number of carbonyl (C=O) groups excluding carboxylic acids is 2. The number of anilines is 1. The predicted octanol–water partition coefficient (Wildman–Crippen LogP) is 2.31. The summed E-state index contributed by atoms with van der Waals surface area (Å²) in [6, 6.07) is 6.83. The molecule has 8 heteroatoms. The number of methoxy groups -OCH3 is 1. The van der Waals surface area contributed by atoms with E-state index in [1.807, 2.05) is 11.5 Å². The number of nitrogens with zero attached hydrogens (tertiary/aromatic N) is 4. The zero-order valence-electron chi connectivity index (χ0n) is 14.4. The Hall–Kier alpha value is -2.61. The zero-order valence-corrected chi connectivity index (χ0v) is 15.2. The summed E-state index contributed by atoms with van der Waals surface area (Å²) < 4.78 is 6.65. The number of para-hydroxylation sites is 1. The molecular formula is C17H20N4O3S. The number of aryl methyl sites for hydroxylation is 1. The standard InChI is InChI=1S/C17H20N4O3S/c1-5-10-21-12(2)18-19-17(21)25-11-15(22)20(3)14-9-7-6-8-13(14)16(23)24-4/h5-9H,1,10-11H2,2-4H3. The maximum atomic E-state index is 12.5. The van der Waals surface area contributed by atoms with Crippen molar-refractivity contribution in [3.05, 3.63) is 48.3 Å². The van der Waals surface area contributed by atoms with Crippen molar-refractivity contribution in [3.8, 4) is 0 Å². The lowest BCUT2D eigenvalue weighted by Gasteiger charge is -2.19. The number of ether oxygens (including phenoxy) is 1. The van der Waals surface area contributed by atoms with Gasteiger partial charge in [0.2, 0.25) is 5.91 Å². The quantitative estimate of drug-likeness (QED) is 0.428. The van der Waals surface area contributed by atoms with Crippen molar-refractivity contribution >= 4 is 29.3 Å². The molecule has 0 bridgehead atoms. The van der Waals surface area contributed by atoms with Crippen LogP contribution in [-0.2, 0) is 16.1 Å². The molecule has 0 aliphatic heterocycles. The molecule has 7 nitrogen and oxygen atoms in total. The van der Waals surface area contributed by atoms with E-state index in [9.17, 15) is 9.59 Å². The van der Waals surface area contributed by atoms with E-state index >= 15 is 0 Å². The molecule has 2 rings (SSSR count). The van der Waals surface area contributed by atoms with Crippen LogP contribution in [0.15, 0.2) is 42.1 Å². The van der Waals surface area contributed by atoms with Gasteiger partial charge in [-0.15, -0.1) is 16.8 Å². The second kappa shape index (κ2) is 8.48. The van der Waals surface area contributed by atoms with Gasteiger partial charge < -0.3 is 14.2 Å². The minimum Gasteiger partial charge on any atom is -0.465 e. The summed E-state index contributed by atoms with van der Waals surface area (Å²) in [5.41, 5.74) is 0.847. The number of amides is 1. The first-order valence-electron chi connectivity index (χ1n) is 7.57. The van der Waals surface area contributed by atoms with Crippen molar-refractivity contribution in [1.29, 1.82) is 0 Å². The monoisotopic (exact) mass is 360 g/mol. The molecule has 0 saturated heterocycles. The second-order valence-electron chi connectivity index (χ2n) is 5.18. The summed E-state index contributed by atoms with van der Waals surface area (Å²) in [5.74, 6) is 0.289. The molecule has 0 radical (unpaired) electrons. The van der Waals surface area contributed by atoms with E-state index in [1.54, 1.807) is 37.4 Å². The van der Waals surface area contributed by atoms with Gasteiger partial charge >= 0.3 is 5.97 Å². The first kappa shape index (κ1) is 18.7. The Labute approximate surface area is 150 Å². The number of hydrogen-bond acceptors (Lipinski definition) is 6. The number of hydrogen-bond donors (Lipinski definition) is 0.